The molecule has 0 aromatic heterocycles. The van der Waals surface area contributed by atoms with Crippen molar-refractivity contribution in [2.24, 2.45) is 11.5 Å². The summed E-state index contributed by atoms with van der Waals surface area (Å²) in [5.41, 5.74) is 11.2. The Morgan fingerprint density at radius 2 is 2.21 bits per heavy atom. The third-order valence-electron chi connectivity index (χ3n) is 1.79. The summed E-state index contributed by atoms with van der Waals surface area (Å²) in [6.07, 6.45) is 0. The van der Waals surface area contributed by atoms with Crippen molar-refractivity contribution in [2.75, 3.05) is 18.4 Å². The number of nitrogens with one attached hydrogen (secondary N) is 1. The van der Waals surface area contributed by atoms with Gasteiger partial charge in [0.25, 0.3) is 0 Å². The van der Waals surface area contributed by atoms with Crippen LogP contribution in [-0.2, 0) is 0 Å². The predicted molar refractivity (Wildman–Crippen MR) is 56.9 cm³/mol. The van der Waals surface area contributed by atoms with Crippen molar-refractivity contribution in [1.82, 2.24) is 0 Å². The summed E-state index contributed by atoms with van der Waals surface area (Å²) in [4.78, 5) is 0. The van der Waals surface area contributed by atoms with E-state index in [1.54, 1.807) is 0 Å². The van der Waals surface area contributed by atoms with Gasteiger partial charge >= 0.3 is 0 Å². The van der Waals surface area contributed by atoms with Crippen LogP contribution in [0.25, 0.3) is 0 Å². The molecular weight excluding hydrogens is 205 g/mol. The van der Waals surface area contributed by atoms with E-state index in [0.29, 0.717) is 23.8 Å². The van der Waals surface area contributed by atoms with E-state index in [2.05, 4.69) is 5.32 Å². The molecule has 1 rings (SSSR count). The van der Waals surface area contributed by atoms with Gasteiger partial charge in [-0.1, -0.05) is 11.6 Å². The van der Waals surface area contributed by atoms with Crippen LogP contribution in [0.15, 0.2) is 18.2 Å². The topological polar surface area (TPSA) is 64.1 Å². The lowest BCUT2D eigenvalue weighted by Crippen LogP contribution is -2.36. The lowest BCUT2D eigenvalue weighted by atomic mass is 10.2. The van der Waals surface area contributed by atoms with Crippen molar-refractivity contribution in [3.05, 3.63) is 29.0 Å². The highest BCUT2D eigenvalue weighted by Crippen LogP contribution is 2.19. The zero-order valence-corrected chi connectivity index (χ0v) is 8.39. The van der Waals surface area contributed by atoms with Crippen LogP contribution < -0.4 is 16.8 Å². The van der Waals surface area contributed by atoms with E-state index in [-0.39, 0.29) is 11.9 Å². The van der Waals surface area contributed by atoms with Crippen LogP contribution >= 0.6 is 11.6 Å². The first kappa shape index (κ1) is 11.2. The molecule has 1 atom stereocenters. The highest BCUT2D eigenvalue weighted by atomic mass is 35.5. The van der Waals surface area contributed by atoms with Crippen LogP contribution in [0.3, 0.4) is 0 Å². The molecule has 0 amide bonds. The fraction of sp³-hybridized carbons (Fsp3) is 0.333. The molecule has 0 bridgehead atoms. The second-order valence-corrected chi connectivity index (χ2v) is 3.44. The number of hydrogen-bond acceptors (Lipinski definition) is 3. The maximum atomic E-state index is 13.1. The van der Waals surface area contributed by atoms with Gasteiger partial charge in [0.05, 0.1) is 5.69 Å². The Morgan fingerprint density at radius 3 is 2.86 bits per heavy atom. The predicted octanol–water partition coefficient (Wildman–Crippen LogP) is 1.18. The lowest BCUT2D eigenvalue weighted by molar-refractivity contribution is 0.627. The van der Waals surface area contributed by atoms with Crippen molar-refractivity contribution >= 4 is 17.3 Å². The normalized spacial score (nSPS) is 12.6. The molecule has 0 aliphatic carbocycles. The van der Waals surface area contributed by atoms with Gasteiger partial charge in [-0.05, 0) is 18.2 Å². The molecule has 0 aliphatic heterocycles. The summed E-state index contributed by atoms with van der Waals surface area (Å²) >= 11 is 5.70. The average Bonchev–Trinajstić information content (AvgIpc) is 2.19. The van der Waals surface area contributed by atoms with Crippen LogP contribution in [-0.4, -0.2) is 19.1 Å². The first-order chi connectivity index (χ1) is 6.63. The number of rotatable bonds is 4. The zero-order chi connectivity index (χ0) is 10.6. The van der Waals surface area contributed by atoms with E-state index >= 15 is 0 Å². The highest BCUT2D eigenvalue weighted by molar-refractivity contribution is 6.30. The van der Waals surface area contributed by atoms with Crippen LogP contribution in [0, 0.1) is 5.82 Å². The molecule has 0 saturated heterocycles. The SMILES string of the molecule is NCC(N)CNc1cc(Cl)ccc1F. The van der Waals surface area contributed by atoms with Gasteiger partial charge in [-0.15, -0.1) is 0 Å². The largest absolute Gasteiger partial charge is 0.381 e. The maximum absolute atomic E-state index is 13.1. The molecule has 0 radical (unpaired) electrons. The van der Waals surface area contributed by atoms with Gasteiger partial charge in [0, 0.05) is 24.2 Å². The fourth-order valence-corrected chi connectivity index (χ4v) is 1.13. The number of halogens is 2. The summed E-state index contributed by atoms with van der Waals surface area (Å²) in [5.74, 6) is -0.348. The number of hydrogen-bond donors (Lipinski definition) is 3. The van der Waals surface area contributed by atoms with Crippen molar-refractivity contribution in [3.63, 3.8) is 0 Å². The third-order valence-corrected chi connectivity index (χ3v) is 2.02. The van der Waals surface area contributed by atoms with E-state index in [0.717, 1.165) is 0 Å². The molecule has 0 aliphatic rings. The monoisotopic (exact) mass is 217 g/mol. The molecule has 0 fully saturated rings. The molecule has 1 aromatic carbocycles. The third kappa shape index (κ3) is 3.14. The van der Waals surface area contributed by atoms with Gasteiger partial charge < -0.3 is 16.8 Å². The molecule has 5 heteroatoms. The Morgan fingerprint density at radius 1 is 1.50 bits per heavy atom. The van der Waals surface area contributed by atoms with E-state index in [4.69, 9.17) is 23.1 Å². The van der Waals surface area contributed by atoms with E-state index in [1.807, 2.05) is 0 Å². The second kappa shape index (κ2) is 5.14. The molecule has 0 heterocycles. The lowest BCUT2D eigenvalue weighted by Gasteiger charge is -2.12. The molecule has 1 aromatic rings. The fourth-order valence-electron chi connectivity index (χ4n) is 0.957. The molecule has 1 unspecified atom stereocenters. The molecule has 0 spiro atoms. The summed E-state index contributed by atoms with van der Waals surface area (Å²) in [7, 11) is 0. The minimum Gasteiger partial charge on any atom is -0.381 e. The first-order valence-electron chi connectivity index (χ1n) is 4.28. The van der Waals surface area contributed by atoms with E-state index in [9.17, 15) is 4.39 Å². The molecule has 78 valence electrons. The molecule has 0 saturated carbocycles. The van der Waals surface area contributed by atoms with Gasteiger partial charge in [-0.25, -0.2) is 4.39 Å². The number of anilines is 1. The van der Waals surface area contributed by atoms with Crippen molar-refractivity contribution < 1.29 is 4.39 Å². The van der Waals surface area contributed by atoms with Crippen molar-refractivity contribution in [3.8, 4) is 0 Å². The standard InChI is InChI=1S/C9H13ClFN3/c10-6-1-2-8(11)9(3-6)14-5-7(13)4-12/h1-3,7,14H,4-5,12-13H2. The average molecular weight is 218 g/mol. The zero-order valence-electron chi connectivity index (χ0n) is 7.63. The molecule has 3 nitrogen and oxygen atoms in total. The molecular formula is C9H13ClFN3. The van der Waals surface area contributed by atoms with Crippen LogP contribution in [0.1, 0.15) is 0 Å². The molecule has 5 N–H and O–H groups in total. The van der Waals surface area contributed by atoms with Crippen molar-refractivity contribution in [2.45, 2.75) is 6.04 Å². The van der Waals surface area contributed by atoms with Crippen LogP contribution in [0.4, 0.5) is 10.1 Å². The minimum absolute atomic E-state index is 0.187. The second-order valence-electron chi connectivity index (χ2n) is 3.00. The minimum atomic E-state index is -0.348. The Kier molecular flexibility index (Phi) is 4.13. The Hall–Kier alpha value is -0.840. The van der Waals surface area contributed by atoms with E-state index < -0.39 is 0 Å². The smallest absolute Gasteiger partial charge is 0.146 e. The van der Waals surface area contributed by atoms with E-state index in [1.165, 1.54) is 18.2 Å². The Bertz CT molecular complexity index is 306. The van der Waals surface area contributed by atoms with Gasteiger partial charge in [0.2, 0.25) is 0 Å². The van der Waals surface area contributed by atoms with Gasteiger partial charge in [0.15, 0.2) is 0 Å². The van der Waals surface area contributed by atoms with Crippen LogP contribution in [0.5, 0.6) is 0 Å². The van der Waals surface area contributed by atoms with Crippen molar-refractivity contribution in [1.29, 1.82) is 0 Å². The summed E-state index contributed by atoms with van der Waals surface area (Å²) < 4.78 is 13.1. The Balaban J connectivity index is 2.62. The van der Waals surface area contributed by atoms with Gasteiger partial charge in [-0.3, -0.25) is 0 Å². The van der Waals surface area contributed by atoms with Gasteiger partial charge in [0.1, 0.15) is 5.82 Å². The summed E-state index contributed by atoms with van der Waals surface area (Å²) in [5, 5.41) is 3.32. The number of nitrogens with two attached hydrogens (primary N) is 2. The first-order valence-corrected chi connectivity index (χ1v) is 4.66. The Labute approximate surface area is 87.2 Å². The maximum Gasteiger partial charge on any atom is 0.146 e. The summed E-state index contributed by atoms with van der Waals surface area (Å²) in [6, 6.07) is 4.12. The van der Waals surface area contributed by atoms with Crippen LogP contribution in [0.2, 0.25) is 5.02 Å². The van der Waals surface area contributed by atoms with Gasteiger partial charge in [-0.2, -0.15) is 0 Å². The number of benzene rings is 1. The quantitative estimate of drug-likeness (QED) is 0.710. The highest BCUT2D eigenvalue weighted by Gasteiger charge is 2.04. The summed E-state index contributed by atoms with van der Waals surface area (Å²) in [6.45, 7) is 0.781. The molecule has 14 heavy (non-hydrogen) atoms.